The summed E-state index contributed by atoms with van der Waals surface area (Å²) in [4.78, 5) is 5.40. The van der Waals surface area contributed by atoms with Crippen LogP contribution in [0.5, 0.6) is 5.75 Å². The molecule has 0 aliphatic heterocycles. The fourth-order valence-electron chi connectivity index (χ4n) is 2.54. The number of aromatic nitrogens is 1. The Hall–Kier alpha value is -1.74. The van der Waals surface area contributed by atoms with E-state index in [0.29, 0.717) is 10.8 Å². The molecule has 3 aromatic rings. The summed E-state index contributed by atoms with van der Waals surface area (Å²) in [6, 6.07) is 10.6. The summed E-state index contributed by atoms with van der Waals surface area (Å²) >= 11 is 2.78. The molecule has 0 amide bonds. The van der Waals surface area contributed by atoms with Gasteiger partial charge in [0.05, 0.1) is 17.2 Å². The van der Waals surface area contributed by atoms with Crippen molar-refractivity contribution in [3.05, 3.63) is 53.0 Å². The lowest BCUT2D eigenvalue weighted by Gasteiger charge is -2.14. The second kappa shape index (κ2) is 8.52. The maximum absolute atomic E-state index is 12.7. The van der Waals surface area contributed by atoms with Gasteiger partial charge in [0.15, 0.2) is 0 Å². The van der Waals surface area contributed by atoms with Crippen molar-refractivity contribution in [2.45, 2.75) is 37.4 Å². The van der Waals surface area contributed by atoms with E-state index in [9.17, 15) is 8.42 Å². The molecule has 0 aliphatic carbocycles. The molecule has 3 rings (SSSR count). The summed E-state index contributed by atoms with van der Waals surface area (Å²) in [5.41, 5.74) is 1.90. The van der Waals surface area contributed by atoms with Crippen molar-refractivity contribution < 1.29 is 13.2 Å². The van der Waals surface area contributed by atoms with Crippen molar-refractivity contribution in [2.75, 3.05) is 6.61 Å². The second-order valence-corrected chi connectivity index (χ2v) is 9.84. The third-order valence-corrected chi connectivity index (χ3v) is 8.17. The average Bonchev–Trinajstić information content (AvgIpc) is 3.31. The van der Waals surface area contributed by atoms with E-state index in [0.717, 1.165) is 33.3 Å². The number of thiophene rings is 1. The van der Waals surface area contributed by atoms with E-state index in [2.05, 4.69) is 16.6 Å². The molecule has 1 aromatic carbocycles. The van der Waals surface area contributed by atoms with E-state index in [1.807, 2.05) is 49.6 Å². The highest BCUT2D eigenvalue weighted by molar-refractivity contribution is 7.91. The Bertz CT molecular complexity index is 991. The van der Waals surface area contributed by atoms with Crippen molar-refractivity contribution in [3.8, 4) is 15.6 Å². The topological polar surface area (TPSA) is 68.3 Å². The monoisotopic (exact) mass is 422 g/mol. The number of rotatable bonds is 8. The molecular formula is C19H22N2O3S3. The van der Waals surface area contributed by atoms with Crippen LogP contribution >= 0.6 is 22.7 Å². The second-order valence-electron chi connectivity index (χ2n) is 5.96. The van der Waals surface area contributed by atoms with Gasteiger partial charge in [-0.15, -0.1) is 22.7 Å². The van der Waals surface area contributed by atoms with Crippen LogP contribution in [0, 0.1) is 0 Å². The lowest BCUT2D eigenvalue weighted by Crippen LogP contribution is -2.26. The first-order valence-corrected chi connectivity index (χ1v) is 11.9. The summed E-state index contributed by atoms with van der Waals surface area (Å²) in [5.74, 6) is 0.772. The van der Waals surface area contributed by atoms with Crippen LogP contribution in [-0.2, 0) is 16.4 Å². The zero-order chi connectivity index (χ0) is 19.4. The SMILES string of the molecule is CCOc1ccc([C@@H](C)NS(=O)(=O)c2ccc(-c3nc(CC)cs3)s2)cc1. The van der Waals surface area contributed by atoms with Crippen LogP contribution < -0.4 is 9.46 Å². The molecule has 0 radical (unpaired) electrons. The number of aryl methyl sites for hydroxylation is 1. The minimum absolute atomic E-state index is 0.295. The molecule has 0 saturated carbocycles. The molecule has 1 atom stereocenters. The Morgan fingerprint density at radius 2 is 1.89 bits per heavy atom. The predicted molar refractivity (Wildman–Crippen MR) is 111 cm³/mol. The summed E-state index contributed by atoms with van der Waals surface area (Å²) in [7, 11) is -3.60. The molecular weight excluding hydrogens is 400 g/mol. The van der Waals surface area contributed by atoms with E-state index in [-0.39, 0.29) is 6.04 Å². The molecule has 0 unspecified atom stereocenters. The highest BCUT2D eigenvalue weighted by atomic mass is 32.2. The van der Waals surface area contributed by atoms with Crippen molar-refractivity contribution >= 4 is 32.7 Å². The molecule has 0 bridgehead atoms. The van der Waals surface area contributed by atoms with Gasteiger partial charge in [-0.2, -0.15) is 0 Å². The van der Waals surface area contributed by atoms with Crippen molar-refractivity contribution in [1.82, 2.24) is 9.71 Å². The van der Waals surface area contributed by atoms with Crippen LogP contribution in [0.2, 0.25) is 0 Å². The van der Waals surface area contributed by atoms with Crippen LogP contribution in [-0.4, -0.2) is 20.0 Å². The van der Waals surface area contributed by atoms with Gasteiger partial charge >= 0.3 is 0 Å². The minimum Gasteiger partial charge on any atom is -0.494 e. The van der Waals surface area contributed by atoms with Gasteiger partial charge in [-0.25, -0.2) is 18.1 Å². The molecule has 0 fully saturated rings. The van der Waals surface area contributed by atoms with Gasteiger partial charge in [-0.05, 0) is 50.1 Å². The van der Waals surface area contributed by atoms with E-state index in [1.165, 1.54) is 22.7 Å². The number of benzene rings is 1. The summed E-state index contributed by atoms with van der Waals surface area (Å²) in [5, 5.41) is 2.87. The summed E-state index contributed by atoms with van der Waals surface area (Å²) < 4.78 is 34.0. The standard InChI is InChI=1S/C19H22N2O3S3/c1-4-15-12-25-19(20-15)17-10-11-18(26-17)27(22,23)21-13(3)14-6-8-16(9-7-14)24-5-2/h6-13,21H,4-5H2,1-3H3/t13-/m1/s1. The zero-order valence-electron chi connectivity index (χ0n) is 15.4. The first kappa shape index (κ1) is 20.0. The molecule has 2 heterocycles. The van der Waals surface area contributed by atoms with E-state index < -0.39 is 10.0 Å². The smallest absolute Gasteiger partial charge is 0.250 e. The van der Waals surface area contributed by atoms with Gasteiger partial charge in [-0.3, -0.25) is 0 Å². The number of thiazole rings is 1. The highest BCUT2D eigenvalue weighted by Gasteiger charge is 2.21. The first-order chi connectivity index (χ1) is 12.9. The molecule has 8 heteroatoms. The van der Waals surface area contributed by atoms with Crippen molar-refractivity contribution in [2.24, 2.45) is 0 Å². The van der Waals surface area contributed by atoms with Crippen LogP contribution in [0.15, 0.2) is 46.0 Å². The normalized spacial score (nSPS) is 12.9. The van der Waals surface area contributed by atoms with E-state index in [1.54, 1.807) is 6.07 Å². The number of nitrogens with one attached hydrogen (secondary N) is 1. The van der Waals surface area contributed by atoms with Gasteiger partial charge in [0.1, 0.15) is 15.0 Å². The number of nitrogens with zero attached hydrogens (tertiary/aromatic N) is 1. The lowest BCUT2D eigenvalue weighted by molar-refractivity contribution is 0.340. The van der Waals surface area contributed by atoms with E-state index in [4.69, 9.17) is 4.74 Å². The third kappa shape index (κ3) is 4.76. The van der Waals surface area contributed by atoms with Gasteiger partial charge in [0.25, 0.3) is 10.0 Å². The van der Waals surface area contributed by atoms with E-state index >= 15 is 0 Å². The highest BCUT2D eigenvalue weighted by Crippen LogP contribution is 2.33. The lowest BCUT2D eigenvalue weighted by atomic mass is 10.1. The van der Waals surface area contributed by atoms with Crippen LogP contribution in [0.25, 0.3) is 9.88 Å². The maximum atomic E-state index is 12.7. The first-order valence-electron chi connectivity index (χ1n) is 8.72. The van der Waals surface area contributed by atoms with Gasteiger partial charge in [0, 0.05) is 11.4 Å². The Labute approximate surface area is 168 Å². The largest absolute Gasteiger partial charge is 0.494 e. The third-order valence-electron chi connectivity index (χ3n) is 3.99. The average molecular weight is 423 g/mol. The molecule has 0 aliphatic rings. The molecule has 0 saturated heterocycles. The molecule has 27 heavy (non-hydrogen) atoms. The van der Waals surface area contributed by atoms with Crippen molar-refractivity contribution in [1.29, 1.82) is 0 Å². The molecule has 144 valence electrons. The fourth-order valence-corrected chi connectivity index (χ4v) is 6.07. The Morgan fingerprint density at radius 1 is 1.15 bits per heavy atom. The van der Waals surface area contributed by atoms with Crippen LogP contribution in [0.3, 0.4) is 0 Å². The molecule has 1 N–H and O–H groups in total. The summed E-state index contributed by atoms with van der Waals surface area (Å²) in [6.45, 7) is 6.40. The Balaban J connectivity index is 1.74. The molecule has 0 spiro atoms. The minimum atomic E-state index is -3.60. The summed E-state index contributed by atoms with van der Waals surface area (Å²) in [6.07, 6.45) is 0.869. The zero-order valence-corrected chi connectivity index (χ0v) is 17.9. The number of hydrogen-bond acceptors (Lipinski definition) is 6. The number of sulfonamides is 1. The van der Waals surface area contributed by atoms with Gasteiger partial charge < -0.3 is 4.74 Å². The number of ether oxygens (including phenoxy) is 1. The van der Waals surface area contributed by atoms with Crippen LogP contribution in [0.1, 0.15) is 38.1 Å². The van der Waals surface area contributed by atoms with Gasteiger partial charge in [0.2, 0.25) is 0 Å². The van der Waals surface area contributed by atoms with Crippen molar-refractivity contribution in [3.63, 3.8) is 0 Å². The van der Waals surface area contributed by atoms with Crippen LogP contribution in [0.4, 0.5) is 0 Å². The fraction of sp³-hybridized carbons (Fsp3) is 0.316. The Kier molecular flexibility index (Phi) is 6.31. The predicted octanol–water partition coefficient (Wildman–Crippen LogP) is 4.87. The maximum Gasteiger partial charge on any atom is 0.250 e. The number of hydrogen-bond donors (Lipinski definition) is 1. The molecule has 5 nitrogen and oxygen atoms in total. The molecule has 2 aromatic heterocycles. The van der Waals surface area contributed by atoms with Gasteiger partial charge in [-0.1, -0.05) is 19.1 Å². The Morgan fingerprint density at radius 3 is 2.52 bits per heavy atom. The quantitative estimate of drug-likeness (QED) is 0.562.